The van der Waals surface area contributed by atoms with E-state index in [2.05, 4.69) is 23.2 Å². The molecule has 2 aliphatic carbocycles. The lowest BCUT2D eigenvalue weighted by atomic mass is 9.78. The molecule has 2 nitrogen and oxygen atoms in total. The van der Waals surface area contributed by atoms with Crippen LogP contribution in [-0.2, 0) is 0 Å². The molecule has 2 fully saturated rings. The second kappa shape index (κ2) is 4.50. The molecule has 0 aromatic heterocycles. The zero-order chi connectivity index (χ0) is 11.0. The fraction of sp³-hybridized carbons (Fsp3) is 0.857. The summed E-state index contributed by atoms with van der Waals surface area (Å²) in [4.78, 5) is 2.70. The first-order chi connectivity index (χ1) is 7.83. The number of hydrogen-bond donors (Lipinski definition) is 1. The highest BCUT2D eigenvalue weighted by molar-refractivity contribution is 5.06. The van der Waals surface area contributed by atoms with Gasteiger partial charge in [-0.25, -0.2) is 0 Å². The van der Waals surface area contributed by atoms with Crippen LogP contribution in [0.15, 0.2) is 11.6 Å². The molecule has 2 saturated carbocycles. The quantitative estimate of drug-likeness (QED) is 0.731. The van der Waals surface area contributed by atoms with E-state index < -0.39 is 0 Å². The highest BCUT2D eigenvalue weighted by Gasteiger charge is 2.36. The van der Waals surface area contributed by atoms with E-state index >= 15 is 0 Å². The van der Waals surface area contributed by atoms with Gasteiger partial charge in [0.05, 0.1) is 0 Å². The smallest absolute Gasteiger partial charge is 0.0168 e. The average molecular weight is 220 g/mol. The third-order valence-electron chi connectivity index (χ3n) is 4.56. The third-order valence-corrected chi connectivity index (χ3v) is 4.56. The van der Waals surface area contributed by atoms with Gasteiger partial charge in [-0.2, -0.15) is 0 Å². The third kappa shape index (κ3) is 2.33. The lowest BCUT2D eigenvalue weighted by molar-refractivity contribution is 0.0683. The summed E-state index contributed by atoms with van der Waals surface area (Å²) in [6.45, 7) is 6.04. The molecule has 1 N–H and O–H groups in total. The fourth-order valence-corrected chi connectivity index (χ4v) is 2.96. The predicted molar refractivity (Wildman–Crippen MR) is 67.5 cm³/mol. The van der Waals surface area contributed by atoms with E-state index in [0.717, 1.165) is 18.0 Å². The van der Waals surface area contributed by atoms with E-state index in [1.54, 1.807) is 5.57 Å². The molecule has 2 unspecified atom stereocenters. The zero-order valence-electron chi connectivity index (χ0n) is 10.4. The average Bonchev–Trinajstić information content (AvgIpc) is 3.04. The second-order valence-corrected chi connectivity index (χ2v) is 5.88. The van der Waals surface area contributed by atoms with Gasteiger partial charge < -0.3 is 5.32 Å². The molecule has 0 saturated heterocycles. The zero-order valence-corrected chi connectivity index (χ0v) is 10.4. The Hall–Kier alpha value is -0.340. The first-order valence-corrected chi connectivity index (χ1v) is 6.96. The van der Waals surface area contributed by atoms with Gasteiger partial charge in [-0.05, 0) is 51.5 Å². The molecule has 0 spiro atoms. The van der Waals surface area contributed by atoms with E-state index in [4.69, 9.17) is 0 Å². The number of hydrogen-bond acceptors (Lipinski definition) is 2. The second-order valence-electron chi connectivity index (χ2n) is 5.88. The van der Waals surface area contributed by atoms with E-state index in [9.17, 15) is 0 Å². The van der Waals surface area contributed by atoms with Crippen LogP contribution in [0.5, 0.6) is 0 Å². The maximum Gasteiger partial charge on any atom is 0.0168 e. The van der Waals surface area contributed by atoms with Crippen molar-refractivity contribution < 1.29 is 0 Å². The maximum absolute atomic E-state index is 3.69. The van der Waals surface area contributed by atoms with Gasteiger partial charge in [0.25, 0.3) is 0 Å². The van der Waals surface area contributed by atoms with Crippen LogP contribution in [0.2, 0.25) is 0 Å². The van der Waals surface area contributed by atoms with Crippen molar-refractivity contribution in [3.63, 3.8) is 0 Å². The van der Waals surface area contributed by atoms with E-state index in [1.807, 2.05) is 0 Å². The van der Waals surface area contributed by atoms with Gasteiger partial charge in [0.15, 0.2) is 0 Å². The Morgan fingerprint density at radius 1 is 1.31 bits per heavy atom. The molecule has 0 aromatic carbocycles. The molecule has 0 bridgehead atoms. The Labute approximate surface area is 99.1 Å². The Morgan fingerprint density at radius 2 is 2.19 bits per heavy atom. The van der Waals surface area contributed by atoms with Crippen LogP contribution < -0.4 is 5.32 Å². The van der Waals surface area contributed by atoms with Crippen molar-refractivity contribution in [2.75, 3.05) is 19.6 Å². The van der Waals surface area contributed by atoms with Crippen molar-refractivity contribution in [3.8, 4) is 0 Å². The summed E-state index contributed by atoms with van der Waals surface area (Å²) in [7, 11) is 0. The molecule has 0 amide bonds. The monoisotopic (exact) mass is 220 g/mol. The summed E-state index contributed by atoms with van der Waals surface area (Å²) < 4.78 is 0. The molecular formula is C14H24N2. The van der Waals surface area contributed by atoms with Crippen LogP contribution in [0, 0.1) is 5.92 Å². The Bertz CT molecular complexity index is 280. The standard InChI is InChI=1S/C14H24N2/c1-11-6-8-16(9-7-11)14-5-2-12(14)10-15-13-3-4-13/h6,12-15H,2-5,7-10H2,1H3. The van der Waals surface area contributed by atoms with Crippen LogP contribution in [0.4, 0.5) is 0 Å². The van der Waals surface area contributed by atoms with Gasteiger partial charge in [0, 0.05) is 25.2 Å². The van der Waals surface area contributed by atoms with Crippen LogP contribution in [-0.4, -0.2) is 36.6 Å². The Morgan fingerprint density at radius 3 is 2.75 bits per heavy atom. The first kappa shape index (κ1) is 10.8. The Kier molecular flexibility index (Phi) is 3.03. The van der Waals surface area contributed by atoms with Gasteiger partial charge in [0.2, 0.25) is 0 Å². The molecule has 16 heavy (non-hydrogen) atoms. The SMILES string of the molecule is CC1=CCN(C2CCC2CNC2CC2)CC1. The van der Waals surface area contributed by atoms with Gasteiger partial charge in [-0.3, -0.25) is 4.90 Å². The van der Waals surface area contributed by atoms with Gasteiger partial charge in [-0.1, -0.05) is 11.6 Å². The summed E-state index contributed by atoms with van der Waals surface area (Å²) in [5, 5.41) is 3.69. The van der Waals surface area contributed by atoms with Crippen LogP contribution in [0.25, 0.3) is 0 Å². The molecule has 2 heteroatoms. The molecule has 2 atom stereocenters. The minimum Gasteiger partial charge on any atom is -0.314 e. The number of rotatable bonds is 4. The van der Waals surface area contributed by atoms with Gasteiger partial charge in [0.1, 0.15) is 0 Å². The van der Waals surface area contributed by atoms with Crippen molar-refractivity contribution in [1.82, 2.24) is 10.2 Å². The van der Waals surface area contributed by atoms with Crippen molar-refractivity contribution in [2.45, 2.75) is 51.1 Å². The summed E-state index contributed by atoms with van der Waals surface area (Å²) in [5.74, 6) is 0.937. The topological polar surface area (TPSA) is 15.3 Å². The predicted octanol–water partition coefficient (Wildman–Crippen LogP) is 2.17. The minimum absolute atomic E-state index is 0.879. The Balaban J connectivity index is 1.47. The molecule has 3 aliphatic rings. The number of nitrogens with zero attached hydrogens (tertiary/aromatic N) is 1. The summed E-state index contributed by atoms with van der Waals surface area (Å²) in [6, 6.07) is 1.76. The van der Waals surface area contributed by atoms with Crippen LogP contribution in [0.1, 0.15) is 39.0 Å². The maximum atomic E-state index is 3.69. The fourth-order valence-electron chi connectivity index (χ4n) is 2.96. The van der Waals surface area contributed by atoms with Crippen LogP contribution in [0.3, 0.4) is 0 Å². The molecule has 1 heterocycles. The van der Waals surface area contributed by atoms with Gasteiger partial charge in [-0.15, -0.1) is 0 Å². The highest BCUT2D eigenvalue weighted by Crippen LogP contribution is 2.33. The minimum atomic E-state index is 0.879. The summed E-state index contributed by atoms with van der Waals surface area (Å²) >= 11 is 0. The highest BCUT2D eigenvalue weighted by atomic mass is 15.2. The van der Waals surface area contributed by atoms with Crippen LogP contribution >= 0.6 is 0 Å². The lowest BCUT2D eigenvalue weighted by Gasteiger charge is -2.45. The normalized spacial score (nSPS) is 35.7. The van der Waals surface area contributed by atoms with Gasteiger partial charge >= 0.3 is 0 Å². The number of nitrogens with one attached hydrogen (secondary N) is 1. The first-order valence-electron chi connectivity index (χ1n) is 6.96. The van der Waals surface area contributed by atoms with E-state index in [1.165, 1.54) is 51.7 Å². The van der Waals surface area contributed by atoms with Crippen molar-refractivity contribution in [2.24, 2.45) is 5.92 Å². The van der Waals surface area contributed by atoms with E-state index in [-0.39, 0.29) is 0 Å². The molecule has 90 valence electrons. The summed E-state index contributed by atoms with van der Waals surface area (Å²) in [6.07, 6.45) is 9.44. The molecule has 0 radical (unpaired) electrons. The van der Waals surface area contributed by atoms with Crippen molar-refractivity contribution in [1.29, 1.82) is 0 Å². The summed E-state index contributed by atoms with van der Waals surface area (Å²) in [5.41, 5.74) is 1.59. The molecule has 0 aromatic rings. The van der Waals surface area contributed by atoms with Crippen molar-refractivity contribution in [3.05, 3.63) is 11.6 Å². The molecule has 1 aliphatic heterocycles. The van der Waals surface area contributed by atoms with Crippen molar-refractivity contribution >= 4 is 0 Å². The lowest BCUT2D eigenvalue weighted by Crippen LogP contribution is -2.51. The van der Waals surface area contributed by atoms with E-state index in [0.29, 0.717) is 0 Å². The molecule has 3 rings (SSSR count). The largest absolute Gasteiger partial charge is 0.314 e. The molecular weight excluding hydrogens is 196 g/mol.